The van der Waals surface area contributed by atoms with E-state index < -0.39 is 0 Å². The van der Waals surface area contributed by atoms with E-state index in [0.717, 1.165) is 22.6 Å². The van der Waals surface area contributed by atoms with Gasteiger partial charge in [-0.05, 0) is 44.5 Å². The van der Waals surface area contributed by atoms with Gasteiger partial charge in [0, 0.05) is 32.5 Å². The third kappa shape index (κ3) is 8.70. The molecule has 0 saturated heterocycles. The van der Waals surface area contributed by atoms with Gasteiger partial charge in [-0.25, -0.2) is 4.98 Å². The molecule has 178 valence electrons. The van der Waals surface area contributed by atoms with Crippen molar-refractivity contribution in [1.29, 1.82) is 0 Å². The van der Waals surface area contributed by atoms with Crippen LogP contribution in [0, 0.1) is 0 Å². The van der Waals surface area contributed by atoms with E-state index in [-0.39, 0.29) is 30.0 Å². The molecule has 1 aromatic carbocycles. The molecule has 32 heavy (non-hydrogen) atoms. The number of halogens is 1. The van der Waals surface area contributed by atoms with Crippen LogP contribution in [0.5, 0.6) is 17.4 Å². The van der Waals surface area contributed by atoms with Crippen molar-refractivity contribution in [2.24, 2.45) is 4.99 Å². The van der Waals surface area contributed by atoms with Crippen molar-refractivity contribution in [3.63, 3.8) is 0 Å². The highest BCUT2D eigenvalue weighted by Gasteiger charge is 2.13. The lowest BCUT2D eigenvalue weighted by Crippen LogP contribution is -2.38. The molecule has 1 unspecified atom stereocenters. The molecule has 1 atom stereocenters. The zero-order valence-electron chi connectivity index (χ0n) is 19.5. The Bertz CT molecular complexity index is 835. The molecule has 0 bridgehead atoms. The average Bonchev–Trinajstić information content (AvgIpc) is 2.79. The first-order chi connectivity index (χ1) is 15.1. The van der Waals surface area contributed by atoms with E-state index in [0.29, 0.717) is 44.8 Å². The van der Waals surface area contributed by atoms with Crippen molar-refractivity contribution in [1.82, 2.24) is 15.6 Å². The molecule has 0 aliphatic rings. The number of aliphatic imine (C=N–C) groups is 1. The van der Waals surface area contributed by atoms with Crippen LogP contribution in [-0.4, -0.2) is 51.5 Å². The molecule has 2 aromatic rings. The van der Waals surface area contributed by atoms with Gasteiger partial charge in [0.05, 0.1) is 25.9 Å². The highest BCUT2D eigenvalue weighted by atomic mass is 127. The molecule has 0 spiro atoms. The number of aromatic nitrogens is 1. The Morgan fingerprint density at radius 3 is 2.50 bits per heavy atom. The predicted octanol–water partition coefficient (Wildman–Crippen LogP) is 3.95. The highest BCUT2D eigenvalue weighted by molar-refractivity contribution is 14.0. The molecule has 2 N–H and O–H groups in total. The third-order valence-electron chi connectivity index (χ3n) is 4.47. The molecule has 0 fully saturated rings. The maximum absolute atomic E-state index is 5.74. The summed E-state index contributed by atoms with van der Waals surface area (Å²) < 4.78 is 22.1. The Labute approximate surface area is 208 Å². The van der Waals surface area contributed by atoms with Crippen molar-refractivity contribution < 1.29 is 18.9 Å². The lowest BCUT2D eigenvalue weighted by atomic mass is 10.1. The third-order valence-corrected chi connectivity index (χ3v) is 4.47. The first-order valence-electron chi connectivity index (χ1n) is 10.5. The number of pyridine rings is 1. The first-order valence-corrected chi connectivity index (χ1v) is 10.5. The smallest absolute Gasteiger partial charge is 0.218 e. The second-order valence-corrected chi connectivity index (χ2v) is 6.67. The maximum atomic E-state index is 5.74. The summed E-state index contributed by atoms with van der Waals surface area (Å²) in [6.45, 7) is 8.64. The molecule has 9 heteroatoms. The van der Waals surface area contributed by atoms with Gasteiger partial charge in [-0.1, -0.05) is 12.1 Å². The number of hydrogen-bond acceptors (Lipinski definition) is 6. The molecule has 8 nitrogen and oxygen atoms in total. The second-order valence-electron chi connectivity index (χ2n) is 6.67. The summed E-state index contributed by atoms with van der Waals surface area (Å²) >= 11 is 0. The van der Waals surface area contributed by atoms with E-state index >= 15 is 0 Å². The van der Waals surface area contributed by atoms with Crippen LogP contribution in [-0.2, 0) is 11.3 Å². The van der Waals surface area contributed by atoms with Crippen molar-refractivity contribution in [3.05, 3.63) is 47.7 Å². The summed E-state index contributed by atoms with van der Waals surface area (Å²) in [5.74, 6) is 2.75. The molecular formula is C23H35IN4O4. The fourth-order valence-corrected chi connectivity index (χ4v) is 2.91. The van der Waals surface area contributed by atoms with Crippen molar-refractivity contribution in [2.75, 3.05) is 40.6 Å². The predicted molar refractivity (Wildman–Crippen MR) is 138 cm³/mol. The number of benzene rings is 1. The Balaban J connectivity index is 0.00000512. The van der Waals surface area contributed by atoms with E-state index in [1.54, 1.807) is 20.4 Å². The SMILES string of the molecule is CCOc1ccc(C(C)NC(=NC)NCc2cccnc2OCCOC)cc1OCC.I. The van der Waals surface area contributed by atoms with E-state index in [1.807, 2.05) is 44.2 Å². The van der Waals surface area contributed by atoms with Gasteiger partial charge in [0.15, 0.2) is 17.5 Å². The zero-order chi connectivity index (χ0) is 22.5. The Hall–Kier alpha value is -2.27. The number of nitrogens with zero attached hydrogens (tertiary/aromatic N) is 2. The minimum atomic E-state index is 0. The number of guanidine groups is 1. The van der Waals surface area contributed by atoms with Crippen LogP contribution >= 0.6 is 24.0 Å². The summed E-state index contributed by atoms with van der Waals surface area (Å²) in [6.07, 6.45) is 1.71. The van der Waals surface area contributed by atoms with E-state index in [1.165, 1.54) is 0 Å². The maximum Gasteiger partial charge on any atom is 0.218 e. The minimum Gasteiger partial charge on any atom is -0.490 e. The van der Waals surface area contributed by atoms with Crippen LogP contribution in [0.15, 0.2) is 41.5 Å². The van der Waals surface area contributed by atoms with Crippen molar-refractivity contribution >= 4 is 29.9 Å². The van der Waals surface area contributed by atoms with Gasteiger partial charge in [0.25, 0.3) is 0 Å². The quantitative estimate of drug-likeness (QED) is 0.177. The summed E-state index contributed by atoms with van der Waals surface area (Å²) in [7, 11) is 3.38. The second kappa shape index (κ2) is 15.5. The van der Waals surface area contributed by atoms with Crippen LogP contribution in [0.25, 0.3) is 0 Å². The lowest BCUT2D eigenvalue weighted by molar-refractivity contribution is 0.143. The van der Waals surface area contributed by atoms with Crippen LogP contribution < -0.4 is 24.8 Å². The van der Waals surface area contributed by atoms with E-state index in [9.17, 15) is 0 Å². The van der Waals surface area contributed by atoms with Crippen molar-refractivity contribution in [2.45, 2.75) is 33.4 Å². The summed E-state index contributed by atoms with van der Waals surface area (Å²) in [4.78, 5) is 8.65. The van der Waals surface area contributed by atoms with Crippen molar-refractivity contribution in [3.8, 4) is 17.4 Å². The summed E-state index contributed by atoms with van der Waals surface area (Å²) in [5, 5.41) is 6.73. The fourth-order valence-electron chi connectivity index (χ4n) is 2.91. The van der Waals surface area contributed by atoms with Gasteiger partial charge in [-0.15, -0.1) is 24.0 Å². The Morgan fingerprint density at radius 1 is 1.06 bits per heavy atom. The first kappa shape index (κ1) is 27.8. The molecule has 0 amide bonds. The number of nitrogens with one attached hydrogen (secondary N) is 2. The van der Waals surface area contributed by atoms with Crippen LogP contribution in [0.1, 0.15) is 37.9 Å². The molecule has 0 radical (unpaired) electrons. The lowest BCUT2D eigenvalue weighted by Gasteiger charge is -2.20. The molecule has 0 aliphatic heterocycles. The molecule has 0 aliphatic carbocycles. The van der Waals surface area contributed by atoms with Gasteiger partial charge in [-0.3, -0.25) is 4.99 Å². The van der Waals surface area contributed by atoms with Crippen LogP contribution in [0.4, 0.5) is 0 Å². The van der Waals surface area contributed by atoms with Gasteiger partial charge in [0.1, 0.15) is 6.61 Å². The van der Waals surface area contributed by atoms with Gasteiger partial charge >= 0.3 is 0 Å². The number of methoxy groups -OCH3 is 1. The number of rotatable bonds is 12. The normalized spacial score (nSPS) is 11.8. The van der Waals surface area contributed by atoms with Crippen LogP contribution in [0.3, 0.4) is 0 Å². The van der Waals surface area contributed by atoms with Gasteiger partial charge in [0.2, 0.25) is 5.88 Å². The zero-order valence-corrected chi connectivity index (χ0v) is 21.8. The molecule has 1 aromatic heterocycles. The topological polar surface area (TPSA) is 86.2 Å². The largest absolute Gasteiger partial charge is 0.490 e. The molecule has 0 saturated carbocycles. The standard InChI is InChI=1S/C23H34N4O4.HI/c1-6-29-20-11-10-18(15-21(20)30-7-2)17(3)27-23(24-4)26-16-19-9-8-12-25-22(19)31-14-13-28-5;/h8-12,15,17H,6-7,13-14,16H2,1-5H3,(H2,24,26,27);1H. The van der Waals surface area contributed by atoms with Gasteiger partial charge < -0.3 is 29.6 Å². The Kier molecular flexibility index (Phi) is 13.5. The minimum absolute atomic E-state index is 0. The summed E-state index contributed by atoms with van der Waals surface area (Å²) in [6, 6.07) is 9.84. The number of hydrogen-bond donors (Lipinski definition) is 2. The highest BCUT2D eigenvalue weighted by Crippen LogP contribution is 2.30. The molecule has 2 rings (SSSR count). The molecule has 1 heterocycles. The van der Waals surface area contributed by atoms with E-state index in [2.05, 4.69) is 27.5 Å². The average molecular weight is 558 g/mol. The number of ether oxygens (including phenoxy) is 4. The monoisotopic (exact) mass is 558 g/mol. The summed E-state index contributed by atoms with van der Waals surface area (Å²) in [5.41, 5.74) is 2.01. The molecular weight excluding hydrogens is 523 g/mol. The fraction of sp³-hybridized carbons (Fsp3) is 0.478. The Morgan fingerprint density at radius 2 is 1.81 bits per heavy atom. The van der Waals surface area contributed by atoms with Crippen LogP contribution in [0.2, 0.25) is 0 Å². The van der Waals surface area contributed by atoms with E-state index in [4.69, 9.17) is 18.9 Å². The van der Waals surface area contributed by atoms with Gasteiger partial charge in [-0.2, -0.15) is 0 Å².